The van der Waals surface area contributed by atoms with E-state index in [4.69, 9.17) is 11.3 Å². The molecule has 0 spiro atoms. The Morgan fingerprint density at radius 3 is 3.17 bits per heavy atom. The first-order valence-corrected chi connectivity index (χ1v) is 6.71. The molecule has 0 aromatic carbocycles. The standard InChI is InChI=1S/C11H15N5OS/c1-5-7-9(12)16-4-2-3-6(16)14-11(7)18-8(5)10(17)15-13/h6,12,14H,2-4,13H2,1H3,(H,15,17). The van der Waals surface area contributed by atoms with Gasteiger partial charge in [0.15, 0.2) is 0 Å². The number of amides is 1. The lowest BCUT2D eigenvalue weighted by atomic mass is 10.1. The Labute approximate surface area is 109 Å². The summed E-state index contributed by atoms with van der Waals surface area (Å²) in [7, 11) is 0. The summed E-state index contributed by atoms with van der Waals surface area (Å²) < 4.78 is 0. The van der Waals surface area contributed by atoms with Crippen LogP contribution in [0.1, 0.15) is 33.6 Å². The Morgan fingerprint density at radius 2 is 2.44 bits per heavy atom. The summed E-state index contributed by atoms with van der Waals surface area (Å²) >= 11 is 1.38. The topological polar surface area (TPSA) is 94.2 Å². The van der Waals surface area contributed by atoms with Gasteiger partial charge in [-0.2, -0.15) is 0 Å². The summed E-state index contributed by atoms with van der Waals surface area (Å²) in [5.74, 6) is 5.41. The third-order valence-corrected chi connectivity index (χ3v) is 4.78. The predicted octanol–water partition coefficient (Wildman–Crippen LogP) is 0.833. The van der Waals surface area contributed by atoms with Crippen molar-refractivity contribution in [2.45, 2.75) is 25.9 Å². The molecule has 1 amide bonds. The summed E-state index contributed by atoms with van der Waals surface area (Å²) in [5.41, 5.74) is 3.83. The highest BCUT2D eigenvalue weighted by Gasteiger charge is 2.36. The third kappa shape index (κ3) is 1.44. The zero-order valence-electron chi connectivity index (χ0n) is 10.0. The number of nitrogen functional groups attached to an aromatic ring is 1. The number of nitrogens with one attached hydrogen (secondary N) is 3. The van der Waals surface area contributed by atoms with Gasteiger partial charge in [0, 0.05) is 6.54 Å². The van der Waals surface area contributed by atoms with E-state index in [1.165, 1.54) is 11.3 Å². The van der Waals surface area contributed by atoms with Gasteiger partial charge in [0.1, 0.15) is 17.0 Å². The molecule has 1 aromatic rings. The maximum atomic E-state index is 11.7. The minimum atomic E-state index is -0.290. The first kappa shape index (κ1) is 11.5. The van der Waals surface area contributed by atoms with Crippen LogP contribution < -0.4 is 16.6 Å². The molecule has 96 valence electrons. The van der Waals surface area contributed by atoms with E-state index in [2.05, 4.69) is 15.6 Å². The number of hydrogen-bond acceptors (Lipinski definition) is 5. The number of fused-ring (bicyclic) bond motifs is 2. The van der Waals surface area contributed by atoms with E-state index < -0.39 is 0 Å². The molecule has 3 rings (SSSR count). The number of anilines is 1. The van der Waals surface area contributed by atoms with Gasteiger partial charge < -0.3 is 10.2 Å². The molecule has 7 heteroatoms. The van der Waals surface area contributed by atoms with Crippen LogP contribution in [0.5, 0.6) is 0 Å². The molecule has 0 saturated carbocycles. The van der Waals surface area contributed by atoms with Crippen LogP contribution in [-0.4, -0.2) is 29.4 Å². The normalized spacial score (nSPS) is 21.3. The number of nitrogens with two attached hydrogens (primary N) is 1. The molecule has 1 aromatic heterocycles. The van der Waals surface area contributed by atoms with Crippen LogP contribution in [0.25, 0.3) is 0 Å². The largest absolute Gasteiger partial charge is 0.356 e. The van der Waals surface area contributed by atoms with Crippen LogP contribution in [-0.2, 0) is 0 Å². The van der Waals surface area contributed by atoms with Gasteiger partial charge in [0.2, 0.25) is 0 Å². The molecule has 2 aliphatic heterocycles. The zero-order chi connectivity index (χ0) is 12.9. The average molecular weight is 265 g/mol. The molecule has 5 N–H and O–H groups in total. The second-order valence-corrected chi connectivity index (χ2v) is 5.60. The smallest absolute Gasteiger partial charge is 0.275 e. The molecular weight excluding hydrogens is 250 g/mol. The minimum absolute atomic E-state index is 0.205. The zero-order valence-corrected chi connectivity index (χ0v) is 10.9. The van der Waals surface area contributed by atoms with E-state index in [0.29, 0.717) is 10.7 Å². The van der Waals surface area contributed by atoms with Gasteiger partial charge in [-0.15, -0.1) is 11.3 Å². The van der Waals surface area contributed by atoms with Crippen LogP contribution in [0, 0.1) is 12.3 Å². The van der Waals surface area contributed by atoms with Gasteiger partial charge in [-0.25, -0.2) is 5.84 Å². The first-order valence-electron chi connectivity index (χ1n) is 5.90. The fourth-order valence-corrected chi connectivity index (χ4v) is 3.82. The van der Waals surface area contributed by atoms with Crippen LogP contribution in [0.15, 0.2) is 0 Å². The highest BCUT2D eigenvalue weighted by atomic mass is 32.1. The van der Waals surface area contributed by atoms with Crippen molar-refractivity contribution in [3.63, 3.8) is 0 Å². The number of thiophene rings is 1. The van der Waals surface area contributed by atoms with Crippen molar-refractivity contribution in [3.05, 3.63) is 16.0 Å². The molecule has 1 unspecified atom stereocenters. The number of rotatable bonds is 1. The lowest BCUT2D eigenvalue weighted by Gasteiger charge is -2.33. The second-order valence-electron chi connectivity index (χ2n) is 4.58. The van der Waals surface area contributed by atoms with Crippen molar-refractivity contribution in [3.8, 4) is 0 Å². The van der Waals surface area contributed by atoms with E-state index in [0.717, 1.165) is 35.5 Å². The molecule has 0 aliphatic carbocycles. The molecule has 0 bridgehead atoms. The summed E-state index contributed by atoms with van der Waals surface area (Å²) in [6.07, 6.45) is 2.35. The van der Waals surface area contributed by atoms with E-state index >= 15 is 0 Å². The quantitative estimate of drug-likeness (QED) is 0.344. The molecule has 2 aliphatic rings. The molecule has 0 radical (unpaired) electrons. The van der Waals surface area contributed by atoms with Gasteiger partial charge in [-0.05, 0) is 25.3 Å². The summed E-state index contributed by atoms with van der Waals surface area (Å²) in [4.78, 5) is 14.3. The van der Waals surface area contributed by atoms with Gasteiger partial charge in [-0.1, -0.05) is 0 Å². The number of carbonyl (C=O) groups excluding carboxylic acids is 1. The molecule has 18 heavy (non-hydrogen) atoms. The van der Waals surface area contributed by atoms with Crippen LogP contribution >= 0.6 is 11.3 Å². The van der Waals surface area contributed by atoms with E-state index in [1.807, 2.05) is 6.92 Å². The Bertz CT molecular complexity index is 538. The molecule has 1 atom stereocenters. The average Bonchev–Trinajstić information content (AvgIpc) is 2.94. The molecule has 1 saturated heterocycles. The van der Waals surface area contributed by atoms with Gasteiger partial charge in [0.05, 0.1) is 10.4 Å². The first-order chi connectivity index (χ1) is 8.63. The van der Waals surface area contributed by atoms with Crippen LogP contribution in [0.4, 0.5) is 5.00 Å². The van der Waals surface area contributed by atoms with Crippen molar-refractivity contribution in [2.75, 3.05) is 11.9 Å². The maximum absolute atomic E-state index is 11.7. The highest BCUT2D eigenvalue weighted by Crippen LogP contribution is 2.39. The van der Waals surface area contributed by atoms with E-state index in [-0.39, 0.29) is 12.1 Å². The molecular formula is C11H15N5OS. The van der Waals surface area contributed by atoms with Crippen LogP contribution in [0.3, 0.4) is 0 Å². The lowest BCUT2D eigenvalue weighted by molar-refractivity contribution is 0.0957. The SMILES string of the molecule is Cc1c(C(=O)NN)sc2c1C(=N)N1CCCC1N2. The van der Waals surface area contributed by atoms with Crippen molar-refractivity contribution < 1.29 is 4.79 Å². The van der Waals surface area contributed by atoms with Crippen molar-refractivity contribution in [2.24, 2.45) is 5.84 Å². The Balaban J connectivity index is 2.07. The maximum Gasteiger partial charge on any atom is 0.275 e. The third-order valence-electron chi connectivity index (χ3n) is 3.56. The second kappa shape index (κ2) is 3.96. The minimum Gasteiger partial charge on any atom is -0.356 e. The fraction of sp³-hybridized carbons (Fsp3) is 0.455. The molecule has 1 fully saturated rings. The van der Waals surface area contributed by atoms with Gasteiger partial charge in [0.25, 0.3) is 5.91 Å². The fourth-order valence-electron chi connectivity index (χ4n) is 2.66. The highest BCUT2D eigenvalue weighted by molar-refractivity contribution is 7.18. The number of hydrogen-bond donors (Lipinski definition) is 4. The van der Waals surface area contributed by atoms with Crippen molar-refractivity contribution >= 4 is 28.1 Å². The monoisotopic (exact) mass is 265 g/mol. The Morgan fingerprint density at radius 1 is 1.67 bits per heavy atom. The number of amidine groups is 1. The van der Waals surface area contributed by atoms with Crippen molar-refractivity contribution in [1.29, 1.82) is 5.41 Å². The Hall–Kier alpha value is -1.60. The van der Waals surface area contributed by atoms with E-state index in [1.54, 1.807) is 0 Å². The van der Waals surface area contributed by atoms with Gasteiger partial charge >= 0.3 is 0 Å². The number of hydrazine groups is 1. The van der Waals surface area contributed by atoms with Gasteiger partial charge in [-0.3, -0.25) is 15.6 Å². The van der Waals surface area contributed by atoms with Crippen LogP contribution in [0.2, 0.25) is 0 Å². The number of carbonyl (C=O) groups is 1. The summed E-state index contributed by atoms with van der Waals surface area (Å²) in [6, 6.07) is 0. The summed E-state index contributed by atoms with van der Waals surface area (Å²) in [5, 5.41) is 12.6. The van der Waals surface area contributed by atoms with Crippen molar-refractivity contribution in [1.82, 2.24) is 10.3 Å². The number of nitrogens with zero attached hydrogens (tertiary/aromatic N) is 1. The Kier molecular flexibility index (Phi) is 2.53. The van der Waals surface area contributed by atoms with E-state index in [9.17, 15) is 4.79 Å². The molecule has 3 heterocycles. The predicted molar refractivity (Wildman–Crippen MR) is 70.9 cm³/mol. The lowest BCUT2D eigenvalue weighted by Crippen LogP contribution is -2.44. The molecule has 6 nitrogen and oxygen atoms in total. The summed E-state index contributed by atoms with van der Waals surface area (Å²) in [6.45, 7) is 2.77.